The van der Waals surface area contributed by atoms with Gasteiger partial charge in [-0.3, -0.25) is 0 Å². The summed E-state index contributed by atoms with van der Waals surface area (Å²) in [5.74, 6) is 1.53. The molecule has 2 heterocycles. The second-order valence-electron chi connectivity index (χ2n) is 5.59. The first-order chi connectivity index (χ1) is 11.2. The predicted octanol–water partition coefficient (Wildman–Crippen LogP) is 3.08. The van der Waals surface area contributed by atoms with E-state index in [4.69, 9.17) is 21.9 Å². The highest BCUT2D eigenvalue weighted by atomic mass is 35.5. The van der Waals surface area contributed by atoms with Crippen LogP contribution in [0.5, 0.6) is 0 Å². The van der Waals surface area contributed by atoms with E-state index in [1.54, 1.807) is 12.1 Å². The number of likely N-dealkylation sites (tertiary alicyclic amines) is 1. The molecule has 7 heteroatoms. The van der Waals surface area contributed by atoms with Crippen LogP contribution in [0, 0.1) is 0 Å². The average molecular weight is 334 g/mol. The van der Waals surface area contributed by atoms with E-state index in [0.717, 1.165) is 31.5 Å². The lowest BCUT2D eigenvalue weighted by molar-refractivity contribution is 0.378. The molecule has 0 spiro atoms. The van der Waals surface area contributed by atoms with Gasteiger partial charge in [-0.05, 0) is 37.1 Å². The summed E-state index contributed by atoms with van der Waals surface area (Å²) in [5, 5.41) is 4.64. The lowest BCUT2D eigenvalue weighted by Crippen LogP contribution is -2.38. The van der Waals surface area contributed by atoms with Crippen molar-refractivity contribution < 1.29 is 4.52 Å². The number of hydrogen-bond donors (Lipinski definition) is 1. The van der Waals surface area contributed by atoms with Crippen molar-refractivity contribution in [2.75, 3.05) is 13.1 Å². The number of aromatic nitrogens is 2. The predicted molar refractivity (Wildman–Crippen MR) is 90.1 cm³/mol. The summed E-state index contributed by atoms with van der Waals surface area (Å²) >= 11 is 5.87. The molecule has 122 valence electrons. The van der Waals surface area contributed by atoms with Crippen molar-refractivity contribution in [2.45, 2.75) is 32.2 Å². The van der Waals surface area contributed by atoms with Crippen LogP contribution in [0.2, 0.25) is 5.02 Å². The van der Waals surface area contributed by atoms with E-state index in [9.17, 15) is 0 Å². The van der Waals surface area contributed by atoms with E-state index < -0.39 is 0 Å². The first kappa shape index (κ1) is 15.8. The molecule has 0 atom stereocenters. The van der Waals surface area contributed by atoms with Crippen LogP contribution in [0.15, 0.2) is 33.8 Å². The number of nitrogens with zero attached hydrogens (tertiary/aromatic N) is 4. The summed E-state index contributed by atoms with van der Waals surface area (Å²) in [7, 11) is 0. The highest BCUT2D eigenvalue weighted by Crippen LogP contribution is 2.18. The van der Waals surface area contributed by atoms with Crippen LogP contribution in [0.3, 0.4) is 0 Å². The molecule has 1 aromatic carbocycles. The second-order valence-corrected chi connectivity index (χ2v) is 6.03. The maximum absolute atomic E-state index is 6.07. The van der Waals surface area contributed by atoms with Gasteiger partial charge in [0.1, 0.15) is 6.54 Å². The van der Waals surface area contributed by atoms with Crippen LogP contribution in [0.1, 0.15) is 31.6 Å². The van der Waals surface area contributed by atoms with Gasteiger partial charge >= 0.3 is 0 Å². The zero-order chi connectivity index (χ0) is 16.1. The van der Waals surface area contributed by atoms with E-state index in [-0.39, 0.29) is 0 Å². The summed E-state index contributed by atoms with van der Waals surface area (Å²) in [4.78, 5) is 10.9. The maximum atomic E-state index is 6.07. The molecule has 1 aliphatic rings. The van der Waals surface area contributed by atoms with Crippen molar-refractivity contribution in [2.24, 2.45) is 10.7 Å². The fraction of sp³-hybridized carbons (Fsp3) is 0.438. The van der Waals surface area contributed by atoms with Gasteiger partial charge in [0, 0.05) is 23.7 Å². The molecule has 23 heavy (non-hydrogen) atoms. The number of rotatable bonds is 3. The van der Waals surface area contributed by atoms with Crippen LogP contribution >= 0.6 is 11.6 Å². The van der Waals surface area contributed by atoms with Gasteiger partial charge in [0.15, 0.2) is 5.96 Å². The van der Waals surface area contributed by atoms with Gasteiger partial charge in [-0.25, -0.2) is 4.99 Å². The first-order valence-electron chi connectivity index (χ1n) is 7.86. The summed E-state index contributed by atoms with van der Waals surface area (Å²) in [6.45, 7) is 2.23. The van der Waals surface area contributed by atoms with Gasteiger partial charge in [-0.15, -0.1) is 0 Å². The molecule has 1 aliphatic heterocycles. The number of aliphatic imine (C=N–C) groups is 1. The van der Waals surface area contributed by atoms with Crippen LogP contribution < -0.4 is 5.73 Å². The Hall–Kier alpha value is -2.08. The van der Waals surface area contributed by atoms with Crippen LogP contribution in [0.25, 0.3) is 11.4 Å². The molecule has 1 aromatic heterocycles. The molecular formula is C16H20ClN5O. The fourth-order valence-electron chi connectivity index (χ4n) is 2.58. The molecule has 1 fully saturated rings. The smallest absolute Gasteiger partial charge is 0.248 e. The Balaban J connectivity index is 1.64. The number of benzene rings is 1. The van der Waals surface area contributed by atoms with Gasteiger partial charge in [0.2, 0.25) is 11.7 Å². The van der Waals surface area contributed by atoms with Crippen LogP contribution in [0.4, 0.5) is 0 Å². The third-order valence-corrected chi connectivity index (χ3v) is 4.13. The number of guanidine groups is 1. The Morgan fingerprint density at radius 3 is 2.57 bits per heavy atom. The molecule has 0 saturated carbocycles. The largest absolute Gasteiger partial charge is 0.370 e. The van der Waals surface area contributed by atoms with Crippen molar-refractivity contribution in [1.29, 1.82) is 0 Å². The highest BCUT2D eigenvalue weighted by Gasteiger charge is 2.12. The van der Waals surface area contributed by atoms with Gasteiger partial charge in [-0.2, -0.15) is 4.98 Å². The molecule has 2 aromatic rings. The monoisotopic (exact) mass is 333 g/mol. The average Bonchev–Trinajstić information content (AvgIpc) is 2.86. The van der Waals surface area contributed by atoms with Crippen molar-refractivity contribution in [3.8, 4) is 11.4 Å². The zero-order valence-corrected chi connectivity index (χ0v) is 13.7. The Morgan fingerprint density at radius 2 is 1.87 bits per heavy atom. The standard InChI is InChI=1S/C16H20ClN5O/c17-13-7-5-12(6-8-13)15-20-14(23-21-15)11-19-16(18)22-9-3-1-2-4-10-22/h5-8H,1-4,9-11H2,(H2,18,19). The number of hydrogen-bond acceptors (Lipinski definition) is 4. The molecule has 3 rings (SSSR count). The molecule has 6 nitrogen and oxygen atoms in total. The van der Waals surface area contributed by atoms with E-state index in [1.165, 1.54) is 12.8 Å². The van der Waals surface area contributed by atoms with E-state index >= 15 is 0 Å². The summed E-state index contributed by atoms with van der Waals surface area (Å²) < 4.78 is 5.24. The van der Waals surface area contributed by atoms with Crippen molar-refractivity contribution in [3.05, 3.63) is 35.2 Å². The minimum Gasteiger partial charge on any atom is -0.370 e. The SMILES string of the molecule is NC(=NCc1nc(-c2ccc(Cl)cc2)no1)N1CCCCCC1. The Bertz CT molecular complexity index is 659. The molecule has 1 saturated heterocycles. The molecule has 0 radical (unpaired) electrons. The molecule has 0 bridgehead atoms. The van der Waals surface area contributed by atoms with Gasteiger partial charge < -0.3 is 15.2 Å². The van der Waals surface area contributed by atoms with E-state index in [1.807, 2.05) is 12.1 Å². The number of nitrogens with two attached hydrogens (primary N) is 1. The molecular weight excluding hydrogens is 314 g/mol. The number of halogens is 1. The molecule has 0 unspecified atom stereocenters. The highest BCUT2D eigenvalue weighted by molar-refractivity contribution is 6.30. The first-order valence-corrected chi connectivity index (χ1v) is 8.23. The second kappa shape index (κ2) is 7.46. The summed E-state index contributed by atoms with van der Waals surface area (Å²) in [5.41, 5.74) is 6.93. The van der Waals surface area contributed by atoms with Gasteiger partial charge in [-0.1, -0.05) is 29.6 Å². The Labute approximate surface area is 140 Å². The minimum absolute atomic E-state index is 0.295. The van der Waals surface area contributed by atoms with Crippen LogP contribution in [-0.4, -0.2) is 34.1 Å². The quantitative estimate of drug-likeness (QED) is 0.689. The lowest BCUT2D eigenvalue weighted by Gasteiger charge is -2.20. The van der Waals surface area contributed by atoms with E-state index in [0.29, 0.717) is 29.2 Å². The van der Waals surface area contributed by atoms with Crippen LogP contribution in [-0.2, 0) is 6.54 Å². The Morgan fingerprint density at radius 1 is 1.17 bits per heavy atom. The topological polar surface area (TPSA) is 80.5 Å². The van der Waals surface area contributed by atoms with Gasteiger partial charge in [0.25, 0.3) is 0 Å². The fourth-order valence-corrected chi connectivity index (χ4v) is 2.71. The van der Waals surface area contributed by atoms with Crippen molar-refractivity contribution in [3.63, 3.8) is 0 Å². The van der Waals surface area contributed by atoms with Crippen molar-refractivity contribution >= 4 is 17.6 Å². The normalized spacial score (nSPS) is 16.4. The Kier molecular flexibility index (Phi) is 5.12. The molecule has 0 aliphatic carbocycles. The molecule has 0 amide bonds. The maximum Gasteiger partial charge on any atom is 0.248 e. The van der Waals surface area contributed by atoms with E-state index in [2.05, 4.69) is 20.0 Å². The minimum atomic E-state index is 0.295. The third kappa shape index (κ3) is 4.22. The van der Waals surface area contributed by atoms with Crippen molar-refractivity contribution in [1.82, 2.24) is 15.0 Å². The van der Waals surface area contributed by atoms with Gasteiger partial charge in [0.05, 0.1) is 0 Å². The summed E-state index contributed by atoms with van der Waals surface area (Å²) in [6, 6.07) is 7.29. The zero-order valence-electron chi connectivity index (χ0n) is 12.9. The lowest BCUT2D eigenvalue weighted by atomic mass is 10.2. The summed E-state index contributed by atoms with van der Waals surface area (Å²) in [6.07, 6.45) is 4.85. The molecule has 2 N–H and O–H groups in total. The third-order valence-electron chi connectivity index (χ3n) is 3.88.